The monoisotopic (exact) mass is 246 g/mol. The summed E-state index contributed by atoms with van der Waals surface area (Å²) in [6.45, 7) is 0. The molecule has 0 fully saturated rings. The van der Waals surface area contributed by atoms with E-state index in [1.165, 1.54) is 31.4 Å². The molecule has 4 nitrogen and oxygen atoms in total. The zero-order chi connectivity index (χ0) is 13.4. The maximum absolute atomic E-state index is 11.7. The van der Waals surface area contributed by atoms with Crippen LogP contribution in [0, 0.1) is 0 Å². The summed E-state index contributed by atoms with van der Waals surface area (Å²) in [5.74, 6) is 0.0878. The Hall–Kier alpha value is -2.36. The van der Waals surface area contributed by atoms with E-state index in [-0.39, 0.29) is 5.78 Å². The average molecular weight is 246 g/mol. The fraction of sp³-hybridized carbons (Fsp3) is 0.143. The number of benzene rings is 1. The van der Waals surface area contributed by atoms with Crippen LogP contribution in [-0.4, -0.2) is 26.0 Å². The SMILES string of the molecule is COC(=O)C=CC=CC(=O)c1ccc(OC)cc1. The number of hydrogen-bond donors (Lipinski definition) is 0. The zero-order valence-electron chi connectivity index (χ0n) is 10.3. The van der Waals surface area contributed by atoms with Crippen LogP contribution in [0.2, 0.25) is 0 Å². The van der Waals surface area contributed by atoms with E-state index < -0.39 is 5.97 Å². The van der Waals surface area contributed by atoms with Gasteiger partial charge in [0.2, 0.25) is 0 Å². The van der Waals surface area contributed by atoms with Crippen LogP contribution in [-0.2, 0) is 9.53 Å². The van der Waals surface area contributed by atoms with Crippen molar-refractivity contribution in [3.05, 3.63) is 54.1 Å². The van der Waals surface area contributed by atoms with Crippen LogP contribution in [0.25, 0.3) is 0 Å². The smallest absolute Gasteiger partial charge is 0.330 e. The third-order valence-corrected chi connectivity index (χ3v) is 2.17. The second-order valence-electron chi connectivity index (χ2n) is 3.33. The second kappa shape index (κ2) is 7.06. The molecule has 18 heavy (non-hydrogen) atoms. The Morgan fingerprint density at radius 1 is 1.00 bits per heavy atom. The van der Waals surface area contributed by atoms with Gasteiger partial charge >= 0.3 is 5.97 Å². The van der Waals surface area contributed by atoms with Gasteiger partial charge in [-0.3, -0.25) is 4.79 Å². The summed E-state index contributed by atoms with van der Waals surface area (Å²) in [6.07, 6.45) is 5.55. The van der Waals surface area contributed by atoms with E-state index in [9.17, 15) is 9.59 Å². The van der Waals surface area contributed by atoms with Crippen molar-refractivity contribution >= 4 is 11.8 Å². The van der Waals surface area contributed by atoms with E-state index in [0.717, 1.165) is 0 Å². The fourth-order valence-electron chi connectivity index (χ4n) is 1.20. The molecule has 4 heteroatoms. The number of ether oxygens (including phenoxy) is 2. The van der Waals surface area contributed by atoms with Gasteiger partial charge in [-0.1, -0.05) is 12.2 Å². The highest BCUT2D eigenvalue weighted by Crippen LogP contribution is 2.11. The summed E-state index contributed by atoms with van der Waals surface area (Å²) in [5.41, 5.74) is 0.554. The molecule has 0 atom stereocenters. The van der Waals surface area contributed by atoms with Crippen molar-refractivity contribution < 1.29 is 19.1 Å². The van der Waals surface area contributed by atoms with Crippen LogP contribution >= 0.6 is 0 Å². The molecule has 0 aliphatic rings. The first-order valence-electron chi connectivity index (χ1n) is 5.28. The first-order valence-corrected chi connectivity index (χ1v) is 5.28. The zero-order valence-corrected chi connectivity index (χ0v) is 10.3. The van der Waals surface area contributed by atoms with Crippen molar-refractivity contribution in [2.75, 3.05) is 14.2 Å². The normalized spacial score (nSPS) is 10.8. The van der Waals surface area contributed by atoms with Gasteiger partial charge in [0.25, 0.3) is 0 Å². The van der Waals surface area contributed by atoms with E-state index in [1.54, 1.807) is 31.4 Å². The third-order valence-electron chi connectivity index (χ3n) is 2.17. The predicted octanol–water partition coefficient (Wildman–Crippen LogP) is 2.16. The molecular formula is C14H14O4. The molecule has 0 saturated carbocycles. The Morgan fingerprint density at radius 2 is 1.61 bits per heavy atom. The van der Waals surface area contributed by atoms with Gasteiger partial charge in [-0.25, -0.2) is 4.79 Å². The molecule has 1 rings (SSSR count). The van der Waals surface area contributed by atoms with Crippen molar-refractivity contribution in [3.8, 4) is 5.75 Å². The predicted molar refractivity (Wildman–Crippen MR) is 67.6 cm³/mol. The molecule has 0 amide bonds. The lowest BCUT2D eigenvalue weighted by Gasteiger charge is -1.99. The van der Waals surface area contributed by atoms with Crippen molar-refractivity contribution in [1.29, 1.82) is 0 Å². The molecule has 0 radical (unpaired) electrons. The van der Waals surface area contributed by atoms with Crippen LogP contribution < -0.4 is 4.74 Å². The fourth-order valence-corrected chi connectivity index (χ4v) is 1.20. The van der Waals surface area contributed by atoms with E-state index >= 15 is 0 Å². The standard InChI is InChI=1S/C14H14O4/c1-17-12-9-7-11(8-10-12)13(15)5-3-4-6-14(16)18-2/h3-10H,1-2H3. The number of rotatable bonds is 5. The average Bonchev–Trinajstić information content (AvgIpc) is 2.43. The molecule has 94 valence electrons. The molecule has 0 bridgehead atoms. The van der Waals surface area contributed by atoms with Gasteiger partial charge in [-0.15, -0.1) is 0 Å². The minimum absolute atomic E-state index is 0.146. The molecule has 1 aromatic carbocycles. The molecule has 0 unspecified atom stereocenters. The largest absolute Gasteiger partial charge is 0.497 e. The summed E-state index contributed by atoms with van der Waals surface area (Å²) in [5, 5.41) is 0. The Balaban J connectivity index is 2.61. The first kappa shape index (κ1) is 13.7. The second-order valence-corrected chi connectivity index (χ2v) is 3.33. The summed E-state index contributed by atoms with van der Waals surface area (Å²) >= 11 is 0. The van der Waals surface area contributed by atoms with Gasteiger partial charge in [0.1, 0.15) is 5.75 Å². The Bertz CT molecular complexity index is 469. The molecule has 0 N–H and O–H groups in total. The molecule has 0 spiro atoms. The van der Waals surface area contributed by atoms with Gasteiger partial charge in [0, 0.05) is 11.6 Å². The van der Waals surface area contributed by atoms with E-state index in [4.69, 9.17) is 4.74 Å². The number of methoxy groups -OCH3 is 2. The number of allylic oxidation sites excluding steroid dienone is 3. The van der Waals surface area contributed by atoms with Gasteiger partial charge < -0.3 is 9.47 Å². The van der Waals surface area contributed by atoms with Crippen LogP contribution in [0.4, 0.5) is 0 Å². The Labute approximate surface area is 106 Å². The number of carbonyl (C=O) groups is 2. The third kappa shape index (κ3) is 4.25. The molecule has 0 aliphatic heterocycles. The van der Waals surface area contributed by atoms with Crippen LogP contribution in [0.5, 0.6) is 5.75 Å². The quantitative estimate of drug-likeness (QED) is 0.346. The van der Waals surface area contributed by atoms with Gasteiger partial charge in [-0.2, -0.15) is 0 Å². The molecule has 1 aromatic rings. The minimum atomic E-state index is -0.462. The molecule has 0 aromatic heterocycles. The summed E-state index contributed by atoms with van der Waals surface area (Å²) in [7, 11) is 2.85. The van der Waals surface area contributed by atoms with E-state index in [2.05, 4.69) is 4.74 Å². The van der Waals surface area contributed by atoms with Crippen molar-refractivity contribution in [1.82, 2.24) is 0 Å². The number of esters is 1. The lowest BCUT2D eigenvalue weighted by molar-refractivity contribution is -0.134. The van der Waals surface area contributed by atoms with Crippen LogP contribution in [0.3, 0.4) is 0 Å². The van der Waals surface area contributed by atoms with Crippen LogP contribution in [0.1, 0.15) is 10.4 Å². The summed E-state index contributed by atoms with van der Waals surface area (Å²) in [6, 6.07) is 6.78. The molecular weight excluding hydrogens is 232 g/mol. The highest BCUT2D eigenvalue weighted by Gasteiger charge is 2.00. The van der Waals surface area contributed by atoms with E-state index in [1.807, 2.05) is 0 Å². The van der Waals surface area contributed by atoms with Crippen molar-refractivity contribution in [2.45, 2.75) is 0 Å². The Kier molecular flexibility index (Phi) is 5.38. The maximum atomic E-state index is 11.7. The maximum Gasteiger partial charge on any atom is 0.330 e. The lowest BCUT2D eigenvalue weighted by Crippen LogP contribution is -1.94. The molecule has 0 heterocycles. The highest BCUT2D eigenvalue weighted by molar-refractivity contribution is 6.04. The number of ketones is 1. The number of carbonyl (C=O) groups excluding carboxylic acids is 2. The first-order chi connectivity index (χ1) is 8.67. The van der Waals surface area contributed by atoms with Gasteiger partial charge in [0.15, 0.2) is 5.78 Å². The minimum Gasteiger partial charge on any atom is -0.497 e. The number of hydrogen-bond acceptors (Lipinski definition) is 4. The molecule has 0 saturated heterocycles. The Morgan fingerprint density at radius 3 is 2.17 bits per heavy atom. The topological polar surface area (TPSA) is 52.6 Å². The van der Waals surface area contributed by atoms with E-state index in [0.29, 0.717) is 11.3 Å². The summed E-state index contributed by atoms with van der Waals surface area (Å²) in [4.78, 5) is 22.4. The van der Waals surface area contributed by atoms with Gasteiger partial charge in [0.05, 0.1) is 14.2 Å². The molecule has 0 aliphatic carbocycles. The lowest BCUT2D eigenvalue weighted by atomic mass is 10.1. The summed E-state index contributed by atoms with van der Waals surface area (Å²) < 4.78 is 9.40. The van der Waals surface area contributed by atoms with Gasteiger partial charge in [-0.05, 0) is 30.3 Å². The van der Waals surface area contributed by atoms with Crippen molar-refractivity contribution in [3.63, 3.8) is 0 Å². The van der Waals surface area contributed by atoms with Crippen LogP contribution in [0.15, 0.2) is 48.6 Å². The highest BCUT2D eigenvalue weighted by atomic mass is 16.5. The van der Waals surface area contributed by atoms with Crippen molar-refractivity contribution in [2.24, 2.45) is 0 Å².